The van der Waals surface area contributed by atoms with Gasteiger partial charge < -0.3 is 15.3 Å². The fourth-order valence-electron chi connectivity index (χ4n) is 1.01. The molecule has 0 aliphatic heterocycles. The molecule has 14 heavy (non-hydrogen) atoms. The number of hydrogen-bond donors (Lipinski definition) is 3. The van der Waals surface area contributed by atoms with Crippen molar-refractivity contribution in [3.63, 3.8) is 0 Å². The van der Waals surface area contributed by atoms with Crippen molar-refractivity contribution in [3.8, 4) is 0 Å². The smallest absolute Gasteiger partial charge is 0.275 e. The minimum Gasteiger partial charge on any atom is -0.344 e. The van der Waals surface area contributed by atoms with Crippen LogP contribution in [0, 0.1) is 0 Å². The lowest BCUT2D eigenvalue weighted by atomic mass is 10.1. The topological polar surface area (TPSA) is 60.7 Å². The number of halogens is 2. The zero-order valence-corrected chi connectivity index (χ0v) is 8.76. The molecular formula is C9H10Cl2O3. The van der Waals surface area contributed by atoms with Crippen LogP contribution in [0.25, 0.3) is 0 Å². The van der Waals surface area contributed by atoms with E-state index in [1.807, 2.05) is 0 Å². The summed E-state index contributed by atoms with van der Waals surface area (Å²) in [5, 5.41) is 26.8. The van der Waals surface area contributed by atoms with Crippen LogP contribution in [0.1, 0.15) is 12.0 Å². The van der Waals surface area contributed by atoms with E-state index >= 15 is 0 Å². The molecule has 1 rings (SSSR count). The lowest BCUT2D eigenvalue weighted by molar-refractivity contribution is -0.314. The molecule has 0 bridgehead atoms. The Labute approximate surface area is 91.5 Å². The second-order valence-corrected chi connectivity index (χ2v) is 3.84. The fraction of sp³-hybridized carbons (Fsp3) is 0.333. The van der Waals surface area contributed by atoms with Crippen molar-refractivity contribution >= 4 is 23.2 Å². The predicted molar refractivity (Wildman–Crippen MR) is 54.2 cm³/mol. The molecule has 0 spiro atoms. The van der Waals surface area contributed by atoms with E-state index in [4.69, 9.17) is 38.5 Å². The zero-order valence-electron chi connectivity index (χ0n) is 7.24. The standard InChI is InChI=1S/C9H10Cl2O3/c10-7-2-1-6(5-8(7)11)3-4-9(12,13)14/h1-2,5,12-14H,3-4H2. The Balaban J connectivity index is 2.65. The number of benzene rings is 1. The lowest BCUT2D eigenvalue weighted by Crippen LogP contribution is -2.27. The molecule has 0 unspecified atom stereocenters. The van der Waals surface area contributed by atoms with Gasteiger partial charge in [-0.15, -0.1) is 0 Å². The van der Waals surface area contributed by atoms with Crippen molar-refractivity contribution < 1.29 is 15.3 Å². The Morgan fingerprint density at radius 3 is 2.21 bits per heavy atom. The Hall–Kier alpha value is -0.320. The molecule has 5 heteroatoms. The van der Waals surface area contributed by atoms with Crippen LogP contribution in [-0.4, -0.2) is 21.3 Å². The second-order valence-electron chi connectivity index (χ2n) is 3.02. The first-order valence-electron chi connectivity index (χ1n) is 3.99. The third kappa shape index (κ3) is 3.82. The summed E-state index contributed by atoms with van der Waals surface area (Å²) in [4.78, 5) is 0. The molecule has 0 amide bonds. The van der Waals surface area contributed by atoms with Gasteiger partial charge in [0.1, 0.15) is 0 Å². The van der Waals surface area contributed by atoms with E-state index in [9.17, 15) is 0 Å². The molecule has 3 N–H and O–H groups in total. The van der Waals surface area contributed by atoms with Gasteiger partial charge in [-0.05, 0) is 24.1 Å². The Morgan fingerprint density at radius 2 is 1.71 bits per heavy atom. The van der Waals surface area contributed by atoms with Gasteiger partial charge in [-0.2, -0.15) is 0 Å². The number of hydrogen-bond acceptors (Lipinski definition) is 3. The molecule has 78 valence electrons. The number of aryl methyl sites for hydroxylation is 1. The minimum atomic E-state index is -2.63. The summed E-state index contributed by atoms with van der Waals surface area (Å²) in [6, 6.07) is 4.95. The molecule has 0 saturated heterocycles. The van der Waals surface area contributed by atoms with Crippen LogP contribution in [0.15, 0.2) is 18.2 Å². The van der Waals surface area contributed by atoms with E-state index < -0.39 is 5.97 Å². The highest BCUT2D eigenvalue weighted by Gasteiger charge is 2.17. The number of aliphatic hydroxyl groups is 3. The number of rotatable bonds is 3. The summed E-state index contributed by atoms with van der Waals surface area (Å²) < 4.78 is 0. The van der Waals surface area contributed by atoms with Crippen molar-refractivity contribution in [2.24, 2.45) is 0 Å². The molecule has 0 aliphatic rings. The molecule has 0 saturated carbocycles. The normalized spacial score (nSPS) is 11.8. The summed E-state index contributed by atoms with van der Waals surface area (Å²) in [6.45, 7) is 0. The molecule has 0 fully saturated rings. The SMILES string of the molecule is OC(O)(O)CCc1ccc(Cl)c(Cl)c1. The van der Waals surface area contributed by atoms with Crippen LogP contribution < -0.4 is 0 Å². The predicted octanol–water partition coefficient (Wildman–Crippen LogP) is 1.56. The van der Waals surface area contributed by atoms with Crippen molar-refractivity contribution in [1.82, 2.24) is 0 Å². The van der Waals surface area contributed by atoms with Crippen molar-refractivity contribution in [2.75, 3.05) is 0 Å². The summed E-state index contributed by atoms with van der Waals surface area (Å²) in [5.41, 5.74) is 0.779. The van der Waals surface area contributed by atoms with Gasteiger partial charge in [0.15, 0.2) is 0 Å². The van der Waals surface area contributed by atoms with Crippen LogP contribution >= 0.6 is 23.2 Å². The molecule has 3 nitrogen and oxygen atoms in total. The Bertz CT molecular complexity index is 320. The third-order valence-electron chi connectivity index (χ3n) is 1.73. The average molecular weight is 237 g/mol. The van der Waals surface area contributed by atoms with Gasteiger partial charge in [-0.3, -0.25) is 0 Å². The molecule has 0 atom stereocenters. The molecule has 0 heterocycles. The van der Waals surface area contributed by atoms with Crippen molar-refractivity contribution in [1.29, 1.82) is 0 Å². The first-order valence-corrected chi connectivity index (χ1v) is 4.75. The average Bonchev–Trinajstić information content (AvgIpc) is 2.06. The third-order valence-corrected chi connectivity index (χ3v) is 2.47. The zero-order chi connectivity index (χ0) is 10.8. The molecule has 1 aromatic carbocycles. The van der Waals surface area contributed by atoms with Crippen LogP contribution in [0.2, 0.25) is 10.0 Å². The summed E-state index contributed by atoms with van der Waals surface area (Å²) in [5.74, 6) is -2.63. The maximum Gasteiger partial charge on any atom is 0.275 e. The monoisotopic (exact) mass is 236 g/mol. The molecule has 0 aromatic heterocycles. The highest BCUT2D eigenvalue weighted by atomic mass is 35.5. The fourth-order valence-corrected chi connectivity index (χ4v) is 1.33. The quantitative estimate of drug-likeness (QED) is 0.699. The van der Waals surface area contributed by atoms with Crippen molar-refractivity contribution in [2.45, 2.75) is 18.8 Å². The van der Waals surface area contributed by atoms with Crippen LogP contribution in [0.4, 0.5) is 0 Å². The van der Waals surface area contributed by atoms with E-state index in [0.29, 0.717) is 16.5 Å². The van der Waals surface area contributed by atoms with E-state index in [1.54, 1.807) is 18.2 Å². The maximum atomic E-state index is 8.65. The molecular weight excluding hydrogens is 227 g/mol. The van der Waals surface area contributed by atoms with Gasteiger partial charge in [0.25, 0.3) is 5.97 Å². The van der Waals surface area contributed by atoms with Gasteiger partial charge in [-0.25, -0.2) is 0 Å². The minimum absolute atomic E-state index is 0.176. The first-order chi connectivity index (χ1) is 6.38. The van der Waals surface area contributed by atoms with Gasteiger partial charge in [0.2, 0.25) is 0 Å². The van der Waals surface area contributed by atoms with Crippen molar-refractivity contribution in [3.05, 3.63) is 33.8 Å². The first kappa shape index (κ1) is 11.8. The van der Waals surface area contributed by atoms with Crippen LogP contribution in [0.5, 0.6) is 0 Å². The highest BCUT2D eigenvalue weighted by Crippen LogP contribution is 2.23. The molecule has 0 aliphatic carbocycles. The van der Waals surface area contributed by atoms with Gasteiger partial charge in [-0.1, -0.05) is 29.3 Å². The van der Waals surface area contributed by atoms with Gasteiger partial charge in [0, 0.05) is 6.42 Å². The lowest BCUT2D eigenvalue weighted by Gasteiger charge is -2.13. The maximum absolute atomic E-state index is 8.65. The van der Waals surface area contributed by atoms with E-state index in [2.05, 4.69) is 0 Å². The van der Waals surface area contributed by atoms with Crippen LogP contribution in [-0.2, 0) is 6.42 Å². The van der Waals surface area contributed by atoms with E-state index in [-0.39, 0.29) is 6.42 Å². The summed E-state index contributed by atoms with van der Waals surface area (Å²) >= 11 is 11.4. The summed E-state index contributed by atoms with van der Waals surface area (Å²) in [6.07, 6.45) is 0.130. The van der Waals surface area contributed by atoms with E-state index in [0.717, 1.165) is 5.56 Å². The molecule has 0 radical (unpaired) electrons. The highest BCUT2D eigenvalue weighted by molar-refractivity contribution is 6.42. The summed E-state index contributed by atoms with van der Waals surface area (Å²) in [7, 11) is 0. The Kier molecular flexibility index (Phi) is 3.75. The molecule has 1 aromatic rings. The van der Waals surface area contributed by atoms with E-state index in [1.165, 1.54) is 0 Å². The Morgan fingerprint density at radius 1 is 1.07 bits per heavy atom. The van der Waals surface area contributed by atoms with Gasteiger partial charge in [0.05, 0.1) is 10.0 Å². The second kappa shape index (κ2) is 4.47. The van der Waals surface area contributed by atoms with Gasteiger partial charge >= 0.3 is 0 Å². The largest absolute Gasteiger partial charge is 0.344 e. The van der Waals surface area contributed by atoms with Crippen LogP contribution in [0.3, 0.4) is 0 Å².